The number of benzene rings is 1. The fourth-order valence-electron chi connectivity index (χ4n) is 2.23. The number of anilines is 1. The van der Waals surface area contributed by atoms with E-state index in [4.69, 9.17) is 5.73 Å². The van der Waals surface area contributed by atoms with Crippen molar-refractivity contribution in [1.29, 1.82) is 0 Å². The van der Waals surface area contributed by atoms with Crippen LogP contribution >= 0.6 is 0 Å². The Morgan fingerprint density at radius 2 is 2.32 bits per heavy atom. The fraction of sp³-hybridized carbons (Fsp3) is 0.429. The lowest BCUT2D eigenvalue weighted by molar-refractivity contribution is -0.121. The van der Waals surface area contributed by atoms with E-state index < -0.39 is 0 Å². The van der Waals surface area contributed by atoms with Gasteiger partial charge >= 0.3 is 0 Å². The van der Waals surface area contributed by atoms with Crippen LogP contribution in [0.15, 0.2) is 18.2 Å². The first-order chi connectivity index (χ1) is 9.13. The van der Waals surface area contributed by atoms with E-state index >= 15 is 0 Å². The van der Waals surface area contributed by atoms with E-state index in [1.165, 1.54) is 0 Å². The topological polar surface area (TPSA) is 72.9 Å². The molecule has 1 fully saturated rings. The molecule has 0 unspecified atom stereocenters. The number of amides is 1. The number of nitrogens with two attached hydrogens (primary N) is 1. The Balaban J connectivity index is 1.77. The van der Waals surface area contributed by atoms with Gasteiger partial charge in [0.2, 0.25) is 11.9 Å². The molecule has 1 aliphatic carbocycles. The molecule has 0 radical (unpaired) electrons. The largest absolute Gasteiger partial charge is 0.369 e. The molecule has 1 saturated carbocycles. The van der Waals surface area contributed by atoms with Crippen LogP contribution in [0.25, 0.3) is 11.0 Å². The van der Waals surface area contributed by atoms with Gasteiger partial charge in [0.25, 0.3) is 0 Å². The van der Waals surface area contributed by atoms with Crippen LogP contribution in [0.2, 0.25) is 0 Å². The van der Waals surface area contributed by atoms with Crippen LogP contribution in [0, 0.1) is 6.92 Å². The molecule has 5 heteroatoms. The number of nitrogens with one attached hydrogen (secondary N) is 1. The highest BCUT2D eigenvalue weighted by Gasteiger charge is 2.23. The zero-order chi connectivity index (χ0) is 13.4. The smallest absolute Gasteiger partial charge is 0.222 e. The highest BCUT2D eigenvalue weighted by Crippen LogP contribution is 2.21. The number of nitrogens with zero attached hydrogens (tertiary/aromatic N) is 2. The molecular weight excluding hydrogens is 240 g/mol. The third-order valence-electron chi connectivity index (χ3n) is 3.44. The van der Waals surface area contributed by atoms with Crippen molar-refractivity contribution in [3.05, 3.63) is 23.8 Å². The summed E-state index contributed by atoms with van der Waals surface area (Å²) in [6.45, 7) is 2.61. The number of aryl methyl sites for hydroxylation is 2. The van der Waals surface area contributed by atoms with E-state index in [2.05, 4.69) is 16.4 Å². The molecule has 0 spiro atoms. The maximum Gasteiger partial charge on any atom is 0.222 e. The number of fused-ring (bicyclic) bond motifs is 1. The van der Waals surface area contributed by atoms with E-state index in [1.54, 1.807) is 0 Å². The number of aromatic nitrogens is 2. The van der Waals surface area contributed by atoms with Gasteiger partial charge in [-0.25, -0.2) is 4.98 Å². The predicted molar refractivity (Wildman–Crippen MR) is 74.7 cm³/mol. The van der Waals surface area contributed by atoms with Crippen molar-refractivity contribution in [2.75, 3.05) is 5.73 Å². The second kappa shape index (κ2) is 4.57. The standard InChI is InChI=1S/C14H18N4O/c1-9-2-5-11-12(8-9)18(14(15)17-11)7-6-13(19)16-10-3-4-10/h2,5,8,10H,3-4,6-7H2,1H3,(H2,15,17)(H,16,19). The highest BCUT2D eigenvalue weighted by atomic mass is 16.1. The molecular formula is C14H18N4O. The van der Waals surface area contributed by atoms with Gasteiger partial charge in [-0.1, -0.05) is 6.07 Å². The van der Waals surface area contributed by atoms with Gasteiger partial charge in [0, 0.05) is 19.0 Å². The lowest BCUT2D eigenvalue weighted by Crippen LogP contribution is -2.26. The fourth-order valence-corrected chi connectivity index (χ4v) is 2.23. The molecule has 2 aromatic rings. The molecule has 1 aromatic heterocycles. The van der Waals surface area contributed by atoms with Crippen molar-refractivity contribution in [2.24, 2.45) is 0 Å². The molecule has 0 atom stereocenters. The summed E-state index contributed by atoms with van der Waals surface area (Å²) in [6, 6.07) is 6.43. The minimum atomic E-state index is 0.0939. The molecule has 5 nitrogen and oxygen atoms in total. The van der Waals surface area contributed by atoms with Crippen LogP contribution in [-0.4, -0.2) is 21.5 Å². The summed E-state index contributed by atoms with van der Waals surface area (Å²) in [7, 11) is 0. The summed E-state index contributed by atoms with van der Waals surface area (Å²) in [5, 5.41) is 2.98. The summed E-state index contributed by atoms with van der Waals surface area (Å²) < 4.78 is 1.91. The van der Waals surface area contributed by atoms with Gasteiger partial charge in [-0.15, -0.1) is 0 Å². The first-order valence-corrected chi connectivity index (χ1v) is 6.65. The van der Waals surface area contributed by atoms with E-state index in [-0.39, 0.29) is 5.91 Å². The molecule has 100 valence electrons. The Bertz CT molecular complexity index is 628. The van der Waals surface area contributed by atoms with E-state index in [0.29, 0.717) is 25.0 Å². The second-order valence-electron chi connectivity index (χ2n) is 5.21. The van der Waals surface area contributed by atoms with Crippen LogP contribution in [0.3, 0.4) is 0 Å². The summed E-state index contributed by atoms with van der Waals surface area (Å²) in [6.07, 6.45) is 2.67. The second-order valence-corrected chi connectivity index (χ2v) is 5.21. The number of rotatable bonds is 4. The minimum absolute atomic E-state index is 0.0939. The van der Waals surface area contributed by atoms with Crippen LogP contribution in [-0.2, 0) is 11.3 Å². The van der Waals surface area contributed by atoms with E-state index in [9.17, 15) is 4.79 Å². The summed E-state index contributed by atoms with van der Waals surface area (Å²) >= 11 is 0. The third-order valence-corrected chi connectivity index (χ3v) is 3.44. The van der Waals surface area contributed by atoms with Gasteiger partial charge in [-0.05, 0) is 37.5 Å². The Labute approximate surface area is 111 Å². The van der Waals surface area contributed by atoms with E-state index in [0.717, 1.165) is 29.4 Å². The molecule has 1 heterocycles. The lowest BCUT2D eigenvalue weighted by Gasteiger charge is -2.07. The van der Waals surface area contributed by atoms with Gasteiger partial charge in [0.1, 0.15) is 0 Å². The van der Waals surface area contributed by atoms with Crippen molar-refractivity contribution in [1.82, 2.24) is 14.9 Å². The highest BCUT2D eigenvalue weighted by molar-refractivity contribution is 5.80. The Kier molecular flexibility index (Phi) is 2.89. The van der Waals surface area contributed by atoms with Gasteiger partial charge in [0.05, 0.1) is 11.0 Å². The molecule has 0 bridgehead atoms. The summed E-state index contributed by atoms with van der Waals surface area (Å²) in [5.74, 6) is 0.566. The quantitative estimate of drug-likeness (QED) is 0.874. The van der Waals surface area contributed by atoms with Gasteiger partial charge in [-0.2, -0.15) is 0 Å². The number of carbonyl (C=O) groups excluding carboxylic acids is 1. The summed E-state index contributed by atoms with van der Waals surface area (Å²) in [4.78, 5) is 16.0. The third kappa shape index (κ3) is 2.54. The van der Waals surface area contributed by atoms with Crippen LogP contribution in [0.1, 0.15) is 24.8 Å². The van der Waals surface area contributed by atoms with Crippen LogP contribution in [0.5, 0.6) is 0 Å². The van der Waals surface area contributed by atoms with Crippen LogP contribution < -0.4 is 11.1 Å². The molecule has 3 N–H and O–H groups in total. The average Bonchev–Trinajstić information content (AvgIpc) is 3.11. The number of nitrogen functional groups attached to an aromatic ring is 1. The molecule has 19 heavy (non-hydrogen) atoms. The molecule has 1 aliphatic rings. The van der Waals surface area contributed by atoms with Crippen molar-refractivity contribution < 1.29 is 4.79 Å². The molecule has 0 aliphatic heterocycles. The van der Waals surface area contributed by atoms with Crippen molar-refractivity contribution >= 4 is 22.9 Å². The Morgan fingerprint density at radius 1 is 1.53 bits per heavy atom. The van der Waals surface area contributed by atoms with Crippen LogP contribution in [0.4, 0.5) is 5.95 Å². The van der Waals surface area contributed by atoms with Crippen molar-refractivity contribution in [3.8, 4) is 0 Å². The van der Waals surface area contributed by atoms with Gasteiger partial charge in [-0.3, -0.25) is 4.79 Å². The monoisotopic (exact) mass is 258 g/mol. The summed E-state index contributed by atoms with van der Waals surface area (Å²) in [5.41, 5.74) is 8.96. The first kappa shape index (κ1) is 12.0. The van der Waals surface area contributed by atoms with Gasteiger partial charge in [0.15, 0.2) is 0 Å². The number of hydrogen-bond donors (Lipinski definition) is 2. The number of carbonyl (C=O) groups is 1. The minimum Gasteiger partial charge on any atom is -0.369 e. The number of imidazole rings is 1. The predicted octanol–water partition coefficient (Wildman–Crippen LogP) is 1.60. The van der Waals surface area contributed by atoms with Gasteiger partial charge < -0.3 is 15.6 Å². The van der Waals surface area contributed by atoms with Crippen molar-refractivity contribution in [3.63, 3.8) is 0 Å². The van der Waals surface area contributed by atoms with Crippen molar-refractivity contribution in [2.45, 2.75) is 38.8 Å². The lowest BCUT2D eigenvalue weighted by atomic mass is 10.2. The average molecular weight is 258 g/mol. The SMILES string of the molecule is Cc1ccc2nc(N)n(CCC(=O)NC3CC3)c2c1. The maximum absolute atomic E-state index is 11.7. The first-order valence-electron chi connectivity index (χ1n) is 6.65. The number of hydrogen-bond acceptors (Lipinski definition) is 3. The molecule has 3 rings (SSSR count). The molecule has 1 amide bonds. The zero-order valence-corrected chi connectivity index (χ0v) is 11.0. The molecule has 1 aromatic carbocycles. The normalized spacial score (nSPS) is 14.8. The van der Waals surface area contributed by atoms with E-state index in [1.807, 2.05) is 23.6 Å². The maximum atomic E-state index is 11.7. The molecule has 0 saturated heterocycles. The Morgan fingerprint density at radius 3 is 3.05 bits per heavy atom. The Hall–Kier alpha value is -2.04. The zero-order valence-electron chi connectivity index (χ0n) is 11.0.